The van der Waals surface area contributed by atoms with Crippen molar-refractivity contribution in [3.63, 3.8) is 0 Å². The summed E-state index contributed by atoms with van der Waals surface area (Å²) < 4.78 is 74.6. The van der Waals surface area contributed by atoms with Gasteiger partial charge in [0.2, 0.25) is 0 Å². The van der Waals surface area contributed by atoms with Gasteiger partial charge >= 0.3 is 18.6 Å². The number of alkyl halides is 4. The van der Waals surface area contributed by atoms with Crippen LogP contribution in [-0.4, -0.2) is 49.2 Å². The van der Waals surface area contributed by atoms with E-state index in [0.29, 0.717) is 24.3 Å². The topological polar surface area (TPSA) is 45.3 Å². The second-order valence-electron chi connectivity index (χ2n) is 7.44. The number of hydrogen-bond acceptors (Lipinski definition) is 3. The van der Waals surface area contributed by atoms with Crippen LogP contribution in [0.15, 0.2) is 48.5 Å². The molecule has 2 atom stereocenters. The summed E-state index contributed by atoms with van der Waals surface area (Å²) in [5, 5.41) is 0. The molecule has 0 aliphatic carbocycles. The molecule has 166 valence electrons. The Labute approximate surface area is 174 Å². The van der Waals surface area contributed by atoms with Gasteiger partial charge in [-0.15, -0.1) is 0 Å². The molecule has 2 amide bonds. The van der Waals surface area contributed by atoms with E-state index in [2.05, 4.69) is 4.74 Å². The lowest BCUT2D eigenvalue weighted by Gasteiger charge is -2.23. The number of benzene rings is 2. The molecule has 0 radical (unpaired) electrons. The van der Waals surface area contributed by atoms with Crippen molar-refractivity contribution in [2.45, 2.75) is 31.2 Å². The number of urea groups is 1. The number of amides is 2. The van der Waals surface area contributed by atoms with E-state index in [-0.39, 0.29) is 18.7 Å². The fourth-order valence-corrected chi connectivity index (χ4v) is 3.77. The van der Waals surface area contributed by atoms with Crippen LogP contribution in [0.25, 0.3) is 0 Å². The van der Waals surface area contributed by atoms with E-state index < -0.39 is 29.7 Å². The van der Waals surface area contributed by atoms with Gasteiger partial charge in [-0.25, -0.2) is 9.18 Å². The third-order valence-corrected chi connectivity index (χ3v) is 5.49. The van der Waals surface area contributed by atoms with Crippen molar-refractivity contribution in [1.82, 2.24) is 4.90 Å². The third kappa shape index (κ3) is 3.91. The molecule has 2 aliphatic heterocycles. The average molecular weight is 442 g/mol. The summed E-state index contributed by atoms with van der Waals surface area (Å²) in [4.78, 5) is 15.8. The van der Waals surface area contributed by atoms with Crippen LogP contribution < -0.4 is 9.64 Å². The van der Waals surface area contributed by atoms with E-state index in [9.17, 15) is 26.7 Å². The number of hydrogen-bond donors (Lipinski definition) is 0. The maximum absolute atomic E-state index is 14.3. The Morgan fingerprint density at radius 3 is 2.39 bits per heavy atom. The highest BCUT2D eigenvalue weighted by Crippen LogP contribution is 2.48. The molecule has 0 bridgehead atoms. The lowest BCUT2D eigenvalue weighted by Crippen LogP contribution is -2.38. The van der Waals surface area contributed by atoms with Crippen LogP contribution >= 0.6 is 0 Å². The van der Waals surface area contributed by atoms with Crippen molar-refractivity contribution in [2.75, 3.05) is 24.5 Å². The van der Waals surface area contributed by atoms with E-state index in [1.54, 1.807) is 25.1 Å². The Morgan fingerprint density at radius 2 is 1.81 bits per heavy atom. The molecule has 31 heavy (non-hydrogen) atoms. The number of ether oxygens (including phenoxy) is 2. The minimum absolute atomic E-state index is 0.159. The summed E-state index contributed by atoms with van der Waals surface area (Å²) in [5.41, 5.74) is -0.143. The lowest BCUT2D eigenvalue weighted by atomic mass is 9.94. The van der Waals surface area contributed by atoms with Crippen molar-refractivity contribution >= 4 is 11.7 Å². The minimum Gasteiger partial charge on any atom is -0.428 e. The first kappa shape index (κ1) is 21.4. The molecule has 2 aromatic rings. The second kappa shape index (κ2) is 7.67. The summed E-state index contributed by atoms with van der Waals surface area (Å²) in [6.45, 7) is 2.63. The fourth-order valence-electron chi connectivity index (χ4n) is 3.77. The van der Waals surface area contributed by atoms with Crippen LogP contribution in [0.4, 0.5) is 32.4 Å². The second-order valence-corrected chi connectivity index (χ2v) is 7.44. The molecule has 2 heterocycles. The van der Waals surface area contributed by atoms with Crippen molar-refractivity contribution in [3.8, 4) is 5.75 Å². The van der Waals surface area contributed by atoms with Gasteiger partial charge in [0, 0.05) is 24.3 Å². The van der Waals surface area contributed by atoms with Gasteiger partial charge in [-0.1, -0.05) is 18.2 Å². The largest absolute Gasteiger partial charge is 0.461 e. The summed E-state index contributed by atoms with van der Waals surface area (Å²) in [5.74, 6) is -0.859. The smallest absolute Gasteiger partial charge is 0.428 e. The van der Waals surface area contributed by atoms with Gasteiger partial charge in [0.15, 0.2) is 0 Å². The lowest BCUT2D eigenvalue weighted by molar-refractivity contribution is -0.253. The highest BCUT2D eigenvalue weighted by Gasteiger charge is 2.58. The maximum atomic E-state index is 14.3. The third-order valence-electron chi connectivity index (χ3n) is 5.49. The maximum Gasteiger partial charge on any atom is 0.461 e. The van der Waals surface area contributed by atoms with Crippen molar-refractivity contribution in [1.29, 1.82) is 0 Å². The van der Waals surface area contributed by atoms with Gasteiger partial charge in [0.1, 0.15) is 17.2 Å². The van der Waals surface area contributed by atoms with E-state index in [1.807, 2.05) is 0 Å². The number of rotatable bonds is 7. The van der Waals surface area contributed by atoms with E-state index in [4.69, 9.17) is 4.74 Å². The first-order valence-corrected chi connectivity index (χ1v) is 9.58. The number of epoxide rings is 1. The molecule has 0 N–H and O–H groups in total. The van der Waals surface area contributed by atoms with Crippen LogP contribution in [0.1, 0.15) is 12.5 Å². The zero-order valence-corrected chi connectivity index (χ0v) is 16.4. The zero-order chi connectivity index (χ0) is 22.4. The quantitative estimate of drug-likeness (QED) is 0.465. The summed E-state index contributed by atoms with van der Waals surface area (Å²) in [6.07, 6.45) is -8.84. The van der Waals surface area contributed by atoms with Gasteiger partial charge in [-0.05, 0) is 37.3 Å². The number of carbonyl (C=O) groups excluding carboxylic acids is 1. The number of anilines is 1. The van der Waals surface area contributed by atoms with Crippen LogP contribution in [0.3, 0.4) is 0 Å². The molecule has 0 aromatic heterocycles. The predicted molar refractivity (Wildman–Crippen MR) is 101 cm³/mol. The first-order chi connectivity index (χ1) is 14.6. The van der Waals surface area contributed by atoms with E-state index >= 15 is 0 Å². The number of carbonyl (C=O) groups is 1. The van der Waals surface area contributed by atoms with Crippen LogP contribution in [0, 0.1) is 5.82 Å². The molecule has 0 spiro atoms. The molecule has 4 rings (SSSR count). The molecule has 0 saturated carbocycles. The highest BCUT2D eigenvalue weighted by molar-refractivity contribution is 5.94. The van der Waals surface area contributed by atoms with Gasteiger partial charge in [-0.2, -0.15) is 17.6 Å². The zero-order valence-electron chi connectivity index (χ0n) is 16.4. The summed E-state index contributed by atoms with van der Waals surface area (Å²) in [7, 11) is 0. The van der Waals surface area contributed by atoms with Gasteiger partial charge < -0.3 is 14.4 Å². The van der Waals surface area contributed by atoms with Crippen LogP contribution in [0.5, 0.6) is 5.75 Å². The minimum atomic E-state index is -4.61. The molecule has 5 nitrogen and oxygen atoms in total. The average Bonchev–Trinajstić information content (AvgIpc) is 3.23. The Bertz CT molecular complexity index is 972. The van der Waals surface area contributed by atoms with E-state index in [0.717, 1.165) is 12.1 Å². The summed E-state index contributed by atoms with van der Waals surface area (Å²) >= 11 is 0. The molecular weight excluding hydrogens is 423 g/mol. The molecule has 10 heteroatoms. The molecule has 2 fully saturated rings. The first-order valence-electron chi connectivity index (χ1n) is 9.58. The highest BCUT2D eigenvalue weighted by atomic mass is 19.3. The standard InChI is InChI=1S/C21H19F5N2O3/c1-13-20(30-13,16-4-2-3-5-17(16)22)12-27-10-11-28(19(27)29)14-6-8-15(9-7-14)31-21(25,26)18(23)24/h2-9,13,18H,10-12H2,1H3/t13?,20-/m1/s1. The predicted octanol–water partition coefficient (Wildman–Crippen LogP) is 4.62. The number of nitrogens with zero attached hydrogens (tertiary/aromatic N) is 2. The molecule has 2 saturated heterocycles. The van der Waals surface area contributed by atoms with Gasteiger partial charge in [0.05, 0.1) is 12.6 Å². The summed E-state index contributed by atoms with van der Waals surface area (Å²) in [6, 6.07) is 10.7. The normalized spacial score (nSPS) is 23.6. The van der Waals surface area contributed by atoms with Crippen LogP contribution in [0.2, 0.25) is 0 Å². The molecule has 2 aromatic carbocycles. The molecule has 2 aliphatic rings. The van der Waals surface area contributed by atoms with Gasteiger partial charge in [0.25, 0.3) is 0 Å². The Hall–Kier alpha value is -2.88. The van der Waals surface area contributed by atoms with Crippen molar-refractivity contribution < 1.29 is 36.2 Å². The van der Waals surface area contributed by atoms with E-state index in [1.165, 1.54) is 28.0 Å². The Morgan fingerprint density at radius 1 is 1.16 bits per heavy atom. The Balaban J connectivity index is 1.45. The number of halogens is 5. The Kier molecular flexibility index (Phi) is 5.28. The monoisotopic (exact) mass is 442 g/mol. The SMILES string of the molecule is CC1O[C@@]1(CN1CCN(c2ccc(OC(F)(F)C(F)F)cc2)C1=O)c1ccccc1F. The molecule has 1 unspecified atom stereocenters. The van der Waals surface area contributed by atoms with Crippen molar-refractivity contribution in [3.05, 3.63) is 59.9 Å². The van der Waals surface area contributed by atoms with Crippen LogP contribution in [-0.2, 0) is 10.3 Å². The van der Waals surface area contributed by atoms with Gasteiger partial charge in [-0.3, -0.25) is 4.90 Å². The molecular formula is C21H19F5N2O3. The van der Waals surface area contributed by atoms with Crippen molar-refractivity contribution in [2.24, 2.45) is 0 Å². The fraction of sp³-hybridized carbons (Fsp3) is 0.381.